The van der Waals surface area contributed by atoms with E-state index in [0.29, 0.717) is 32.8 Å². The Labute approximate surface area is 163 Å². The molecular formula is C17H21ClN4O4S. The molecule has 0 radical (unpaired) electrons. The van der Waals surface area contributed by atoms with E-state index in [4.69, 9.17) is 16.3 Å². The number of hydrogen-bond donors (Lipinski definition) is 0. The number of nitriles is 1. The summed E-state index contributed by atoms with van der Waals surface area (Å²) >= 11 is 5.92. The predicted molar refractivity (Wildman–Crippen MR) is 98.8 cm³/mol. The average molecular weight is 413 g/mol. The van der Waals surface area contributed by atoms with E-state index < -0.39 is 10.0 Å². The van der Waals surface area contributed by atoms with E-state index in [2.05, 4.69) is 0 Å². The van der Waals surface area contributed by atoms with Gasteiger partial charge in [-0.15, -0.1) is 0 Å². The minimum absolute atomic E-state index is 0.00517. The number of morpholine rings is 1. The monoisotopic (exact) mass is 412 g/mol. The molecule has 2 saturated heterocycles. The lowest BCUT2D eigenvalue weighted by Crippen LogP contribution is -2.53. The number of halogens is 1. The Hall–Kier alpha value is -1.70. The van der Waals surface area contributed by atoms with E-state index in [0.717, 1.165) is 13.1 Å². The second-order valence-electron chi connectivity index (χ2n) is 6.43. The van der Waals surface area contributed by atoms with Crippen LogP contribution in [0.2, 0.25) is 5.02 Å². The first-order valence-electron chi connectivity index (χ1n) is 8.69. The van der Waals surface area contributed by atoms with Crippen molar-refractivity contribution in [2.45, 2.75) is 4.90 Å². The fourth-order valence-corrected chi connectivity index (χ4v) is 5.00. The van der Waals surface area contributed by atoms with Crippen LogP contribution in [-0.2, 0) is 19.6 Å². The molecule has 0 bridgehead atoms. The maximum Gasteiger partial charge on any atom is 0.244 e. The quantitative estimate of drug-likeness (QED) is 0.709. The number of amides is 1. The van der Waals surface area contributed by atoms with Crippen molar-refractivity contribution in [3.05, 3.63) is 28.8 Å². The third-order valence-corrected chi connectivity index (χ3v) is 6.91. The lowest BCUT2D eigenvalue weighted by molar-refractivity contribution is -0.134. The van der Waals surface area contributed by atoms with Gasteiger partial charge >= 0.3 is 0 Å². The van der Waals surface area contributed by atoms with Crippen LogP contribution < -0.4 is 0 Å². The molecule has 0 N–H and O–H groups in total. The molecule has 8 nitrogen and oxygen atoms in total. The number of piperazine rings is 1. The number of rotatable bonds is 4. The van der Waals surface area contributed by atoms with Crippen molar-refractivity contribution in [2.75, 3.05) is 59.0 Å². The van der Waals surface area contributed by atoms with E-state index in [1.807, 2.05) is 11.0 Å². The standard InChI is InChI=1S/C17H21ClN4O4S/c18-15-2-1-14(12-19)16(11-15)27(24,25)22-5-3-21(4-6-22)17(23)13-20-7-9-26-10-8-20/h1-2,11H,3-10,13H2. The molecule has 1 aromatic carbocycles. The van der Waals surface area contributed by atoms with Crippen LogP contribution in [0.3, 0.4) is 0 Å². The van der Waals surface area contributed by atoms with Gasteiger partial charge in [-0.2, -0.15) is 9.57 Å². The minimum Gasteiger partial charge on any atom is -0.379 e. The van der Waals surface area contributed by atoms with Crippen molar-refractivity contribution in [1.29, 1.82) is 5.26 Å². The molecule has 0 spiro atoms. The highest BCUT2D eigenvalue weighted by molar-refractivity contribution is 7.89. The first-order chi connectivity index (χ1) is 12.9. The SMILES string of the molecule is N#Cc1ccc(Cl)cc1S(=O)(=O)N1CCN(C(=O)CN2CCOCC2)CC1. The van der Waals surface area contributed by atoms with Crippen LogP contribution in [0.15, 0.2) is 23.1 Å². The van der Waals surface area contributed by atoms with Crippen molar-refractivity contribution in [2.24, 2.45) is 0 Å². The van der Waals surface area contributed by atoms with Crippen molar-refractivity contribution in [3.8, 4) is 6.07 Å². The highest BCUT2D eigenvalue weighted by Crippen LogP contribution is 2.24. The number of hydrogen-bond acceptors (Lipinski definition) is 6. The van der Waals surface area contributed by atoms with Gasteiger partial charge in [0, 0.05) is 44.3 Å². The molecule has 0 aromatic heterocycles. The van der Waals surface area contributed by atoms with Crippen LogP contribution in [0.25, 0.3) is 0 Å². The van der Waals surface area contributed by atoms with E-state index in [-0.39, 0.29) is 34.5 Å². The van der Waals surface area contributed by atoms with Crippen molar-refractivity contribution in [1.82, 2.24) is 14.1 Å². The van der Waals surface area contributed by atoms with Crippen LogP contribution in [-0.4, -0.2) is 87.5 Å². The highest BCUT2D eigenvalue weighted by atomic mass is 35.5. The third-order valence-electron chi connectivity index (χ3n) is 4.74. The summed E-state index contributed by atoms with van der Waals surface area (Å²) in [7, 11) is -3.84. The summed E-state index contributed by atoms with van der Waals surface area (Å²) in [6.45, 7) is 4.06. The summed E-state index contributed by atoms with van der Waals surface area (Å²) in [6.07, 6.45) is 0. The van der Waals surface area contributed by atoms with Crippen LogP contribution in [0.4, 0.5) is 0 Å². The molecule has 0 atom stereocenters. The number of sulfonamides is 1. The van der Waals surface area contributed by atoms with Gasteiger partial charge in [0.05, 0.1) is 25.3 Å². The second kappa shape index (κ2) is 8.54. The van der Waals surface area contributed by atoms with Gasteiger partial charge < -0.3 is 9.64 Å². The van der Waals surface area contributed by atoms with Crippen LogP contribution in [0.5, 0.6) is 0 Å². The van der Waals surface area contributed by atoms with Gasteiger partial charge in [-0.3, -0.25) is 9.69 Å². The molecule has 1 amide bonds. The van der Waals surface area contributed by atoms with Gasteiger partial charge in [-0.25, -0.2) is 8.42 Å². The number of ether oxygens (including phenoxy) is 1. The first-order valence-corrected chi connectivity index (χ1v) is 10.5. The molecule has 27 heavy (non-hydrogen) atoms. The van der Waals surface area contributed by atoms with Gasteiger partial charge in [0.2, 0.25) is 15.9 Å². The number of carbonyl (C=O) groups is 1. The van der Waals surface area contributed by atoms with Crippen LogP contribution in [0.1, 0.15) is 5.56 Å². The summed E-state index contributed by atoms with van der Waals surface area (Å²) in [6, 6.07) is 6.08. The summed E-state index contributed by atoms with van der Waals surface area (Å²) < 4.78 is 32.4. The molecule has 2 aliphatic heterocycles. The van der Waals surface area contributed by atoms with Gasteiger partial charge in [0.25, 0.3) is 0 Å². The lowest BCUT2D eigenvalue weighted by atomic mass is 10.2. The Balaban J connectivity index is 1.64. The van der Waals surface area contributed by atoms with E-state index in [1.54, 1.807) is 4.90 Å². The van der Waals surface area contributed by atoms with Crippen LogP contribution in [0, 0.1) is 11.3 Å². The third kappa shape index (κ3) is 4.59. The molecule has 2 fully saturated rings. The molecule has 2 heterocycles. The van der Waals surface area contributed by atoms with Gasteiger partial charge in [-0.05, 0) is 18.2 Å². The number of benzene rings is 1. The molecular weight excluding hydrogens is 392 g/mol. The number of nitrogens with zero attached hydrogens (tertiary/aromatic N) is 4. The molecule has 3 rings (SSSR count). The smallest absolute Gasteiger partial charge is 0.244 e. The fourth-order valence-electron chi connectivity index (χ4n) is 3.17. The average Bonchev–Trinajstić information content (AvgIpc) is 2.69. The van der Waals surface area contributed by atoms with Crippen molar-refractivity contribution >= 4 is 27.5 Å². The Morgan fingerprint density at radius 2 is 1.81 bits per heavy atom. The highest BCUT2D eigenvalue weighted by Gasteiger charge is 2.32. The van der Waals surface area contributed by atoms with E-state index in [1.165, 1.54) is 22.5 Å². The molecule has 146 valence electrons. The maximum absolute atomic E-state index is 12.9. The predicted octanol–water partition coefficient (Wildman–Crippen LogP) is 0.377. The molecule has 0 unspecified atom stereocenters. The summed E-state index contributed by atoms with van der Waals surface area (Å²) in [5, 5.41) is 9.46. The zero-order valence-corrected chi connectivity index (χ0v) is 16.4. The molecule has 0 saturated carbocycles. The lowest BCUT2D eigenvalue weighted by Gasteiger charge is -2.35. The van der Waals surface area contributed by atoms with Gasteiger partial charge in [-0.1, -0.05) is 11.6 Å². The Kier molecular flexibility index (Phi) is 6.34. The van der Waals surface area contributed by atoms with Gasteiger partial charge in [0.15, 0.2) is 0 Å². The zero-order valence-electron chi connectivity index (χ0n) is 14.8. The second-order valence-corrected chi connectivity index (χ2v) is 8.77. The Bertz CT molecular complexity index is 841. The Morgan fingerprint density at radius 3 is 2.44 bits per heavy atom. The van der Waals surface area contributed by atoms with E-state index in [9.17, 15) is 18.5 Å². The minimum atomic E-state index is -3.84. The molecule has 2 aliphatic rings. The molecule has 10 heteroatoms. The summed E-state index contributed by atoms with van der Waals surface area (Å²) in [5.74, 6) is -0.00517. The normalized spacial score (nSPS) is 19.6. The van der Waals surface area contributed by atoms with Crippen LogP contribution >= 0.6 is 11.6 Å². The largest absolute Gasteiger partial charge is 0.379 e. The van der Waals surface area contributed by atoms with Crippen molar-refractivity contribution < 1.29 is 17.9 Å². The Morgan fingerprint density at radius 1 is 1.15 bits per heavy atom. The molecule has 0 aliphatic carbocycles. The summed E-state index contributed by atoms with van der Waals surface area (Å²) in [5.41, 5.74) is 0.0604. The van der Waals surface area contributed by atoms with E-state index >= 15 is 0 Å². The maximum atomic E-state index is 12.9. The number of carbonyl (C=O) groups excluding carboxylic acids is 1. The molecule has 1 aromatic rings. The zero-order chi connectivity index (χ0) is 19.4. The fraction of sp³-hybridized carbons (Fsp3) is 0.529. The van der Waals surface area contributed by atoms with Gasteiger partial charge in [0.1, 0.15) is 11.0 Å². The van der Waals surface area contributed by atoms with Crippen molar-refractivity contribution in [3.63, 3.8) is 0 Å². The summed E-state index contributed by atoms with van der Waals surface area (Å²) in [4.78, 5) is 16.1. The topological polar surface area (TPSA) is 93.9 Å². The first kappa shape index (κ1) is 20.0.